The third kappa shape index (κ3) is 2.66. The highest BCUT2D eigenvalue weighted by Crippen LogP contribution is 2.35. The normalized spacial score (nSPS) is 23.6. The lowest BCUT2D eigenvalue weighted by Gasteiger charge is -2.37. The monoisotopic (exact) mass is 250 g/mol. The van der Waals surface area contributed by atoms with Crippen LogP contribution in [0.1, 0.15) is 20.3 Å². The zero-order chi connectivity index (χ0) is 13.2. The van der Waals surface area contributed by atoms with E-state index in [0.29, 0.717) is 11.3 Å². The first-order valence-corrected chi connectivity index (χ1v) is 6.71. The van der Waals surface area contributed by atoms with Gasteiger partial charge in [-0.3, -0.25) is 0 Å². The molecule has 1 aliphatic rings. The van der Waals surface area contributed by atoms with Gasteiger partial charge in [0, 0.05) is 31.2 Å². The van der Waals surface area contributed by atoms with Gasteiger partial charge in [0.25, 0.3) is 0 Å². The standard InChI is InChI=1S/C15H23FN2/c1-12(2)15(7-8-17-10-15)11-18(3)14-6-4-5-13(16)9-14/h4-6,9,12,17H,7-8,10-11H2,1-3H3. The van der Waals surface area contributed by atoms with Crippen molar-refractivity contribution in [1.29, 1.82) is 0 Å². The molecule has 0 amide bonds. The highest BCUT2D eigenvalue weighted by Gasteiger charge is 2.37. The van der Waals surface area contributed by atoms with Gasteiger partial charge in [-0.2, -0.15) is 0 Å². The van der Waals surface area contributed by atoms with E-state index in [1.165, 1.54) is 12.5 Å². The molecule has 1 unspecified atom stereocenters. The maximum absolute atomic E-state index is 13.3. The molecule has 0 aromatic heterocycles. The highest BCUT2D eigenvalue weighted by atomic mass is 19.1. The van der Waals surface area contributed by atoms with Crippen LogP contribution in [-0.2, 0) is 0 Å². The van der Waals surface area contributed by atoms with Crippen molar-refractivity contribution in [1.82, 2.24) is 5.32 Å². The lowest BCUT2D eigenvalue weighted by molar-refractivity contribution is 0.225. The van der Waals surface area contributed by atoms with Crippen LogP contribution < -0.4 is 10.2 Å². The molecule has 18 heavy (non-hydrogen) atoms. The molecule has 1 N–H and O–H groups in total. The third-order valence-corrected chi connectivity index (χ3v) is 4.30. The largest absolute Gasteiger partial charge is 0.374 e. The van der Waals surface area contributed by atoms with Crippen LogP contribution in [-0.4, -0.2) is 26.7 Å². The summed E-state index contributed by atoms with van der Waals surface area (Å²) in [6.45, 7) is 7.69. The summed E-state index contributed by atoms with van der Waals surface area (Å²) < 4.78 is 13.3. The summed E-state index contributed by atoms with van der Waals surface area (Å²) in [7, 11) is 2.05. The van der Waals surface area contributed by atoms with Crippen LogP contribution in [0.15, 0.2) is 24.3 Å². The van der Waals surface area contributed by atoms with Gasteiger partial charge in [0.2, 0.25) is 0 Å². The number of nitrogens with zero attached hydrogens (tertiary/aromatic N) is 1. The minimum absolute atomic E-state index is 0.164. The van der Waals surface area contributed by atoms with E-state index in [2.05, 4.69) is 31.1 Å². The number of halogens is 1. The van der Waals surface area contributed by atoms with E-state index in [1.54, 1.807) is 12.1 Å². The Morgan fingerprint density at radius 2 is 2.22 bits per heavy atom. The van der Waals surface area contributed by atoms with Gasteiger partial charge in [-0.15, -0.1) is 0 Å². The summed E-state index contributed by atoms with van der Waals surface area (Å²) in [6.07, 6.45) is 1.20. The molecular formula is C15H23FN2. The Kier molecular flexibility index (Phi) is 3.91. The third-order valence-electron chi connectivity index (χ3n) is 4.30. The van der Waals surface area contributed by atoms with E-state index in [9.17, 15) is 4.39 Å². The quantitative estimate of drug-likeness (QED) is 0.884. The minimum Gasteiger partial charge on any atom is -0.374 e. The molecule has 0 aliphatic carbocycles. The zero-order valence-electron chi connectivity index (χ0n) is 11.5. The fourth-order valence-corrected chi connectivity index (χ4v) is 2.85. The second kappa shape index (κ2) is 5.27. The van der Waals surface area contributed by atoms with Crippen LogP contribution in [0.4, 0.5) is 10.1 Å². The fourth-order valence-electron chi connectivity index (χ4n) is 2.85. The van der Waals surface area contributed by atoms with Crippen molar-refractivity contribution in [3.05, 3.63) is 30.1 Å². The summed E-state index contributed by atoms with van der Waals surface area (Å²) in [6, 6.07) is 6.85. The summed E-state index contributed by atoms with van der Waals surface area (Å²) >= 11 is 0. The average Bonchev–Trinajstić information content (AvgIpc) is 2.79. The molecule has 0 spiro atoms. The van der Waals surface area contributed by atoms with E-state index in [1.807, 2.05) is 6.07 Å². The lowest BCUT2D eigenvalue weighted by Crippen LogP contribution is -2.41. The van der Waals surface area contributed by atoms with Crippen molar-refractivity contribution in [3.63, 3.8) is 0 Å². The average molecular weight is 250 g/mol. The Labute approximate surface area is 109 Å². The van der Waals surface area contributed by atoms with Gasteiger partial charge in [-0.1, -0.05) is 19.9 Å². The first-order valence-electron chi connectivity index (χ1n) is 6.71. The van der Waals surface area contributed by atoms with Crippen molar-refractivity contribution in [3.8, 4) is 0 Å². The summed E-state index contributed by atoms with van der Waals surface area (Å²) in [5.74, 6) is 0.464. The first kappa shape index (κ1) is 13.3. The molecule has 1 aromatic rings. The van der Waals surface area contributed by atoms with Crippen molar-refractivity contribution in [2.24, 2.45) is 11.3 Å². The SMILES string of the molecule is CC(C)C1(CN(C)c2cccc(F)c2)CCNC1. The second-order valence-corrected chi connectivity index (χ2v) is 5.78. The Hall–Kier alpha value is -1.09. The molecule has 1 aromatic carbocycles. The predicted octanol–water partition coefficient (Wildman–Crippen LogP) is 2.90. The highest BCUT2D eigenvalue weighted by molar-refractivity contribution is 5.46. The maximum Gasteiger partial charge on any atom is 0.125 e. The topological polar surface area (TPSA) is 15.3 Å². The maximum atomic E-state index is 13.3. The van der Waals surface area contributed by atoms with Crippen molar-refractivity contribution < 1.29 is 4.39 Å². The smallest absolute Gasteiger partial charge is 0.125 e. The Balaban J connectivity index is 2.12. The van der Waals surface area contributed by atoms with Gasteiger partial charge in [0.05, 0.1) is 0 Å². The summed E-state index contributed by atoms with van der Waals surface area (Å²) in [5, 5.41) is 3.46. The van der Waals surface area contributed by atoms with Gasteiger partial charge < -0.3 is 10.2 Å². The molecule has 100 valence electrons. The van der Waals surface area contributed by atoms with Crippen molar-refractivity contribution in [2.75, 3.05) is 31.6 Å². The molecule has 2 rings (SSSR count). The van der Waals surface area contributed by atoms with Crippen LogP contribution in [0.2, 0.25) is 0 Å². The number of anilines is 1. The van der Waals surface area contributed by atoms with Gasteiger partial charge in [0.1, 0.15) is 5.82 Å². The number of benzene rings is 1. The Morgan fingerprint density at radius 3 is 2.78 bits per heavy atom. The zero-order valence-corrected chi connectivity index (χ0v) is 11.5. The Morgan fingerprint density at radius 1 is 1.44 bits per heavy atom. The number of rotatable bonds is 4. The van der Waals surface area contributed by atoms with Crippen LogP contribution in [0.5, 0.6) is 0 Å². The summed E-state index contributed by atoms with van der Waals surface area (Å²) in [5.41, 5.74) is 1.27. The molecule has 1 saturated heterocycles. The number of hydrogen-bond donors (Lipinski definition) is 1. The van der Waals surface area contributed by atoms with Gasteiger partial charge in [0.15, 0.2) is 0 Å². The molecule has 0 saturated carbocycles. The molecular weight excluding hydrogens is 227 g/mol. The van der Waals surface area contributed by atoms with E-state index in [4.69, 9.17) is 0 Å². The molecule has 0 radical (unpaired) electrons. The molecule has 1 aliphatic heterocycles. The van der Waals surface area contributed by atoms with Crippen LogP contribution >= 0.6 is 0 Å². The second-order valence-electron chi connectivity index (χ2n) is 5.78. The van der Waals surface area contributed by atoms with E-state index in [-0.39, 0.29) is 5.82 Å². The summed E-state index contributed by atoms with van der Waals surface area (Å²) in [4.78, 5) is 2.18. The molecule has 1 atom stereocenters. The lowest BCUT2D eigenvalue weighted by atomic mass is 9.76. The van der Waals surface area contributed by atoms with E-state index in [0.717, 1.165) is 25.3 Å². The number of nitrogens with one attached hydrogen (secondary N) is 1. The molecule has 2 nitrogen and oxygen atoms in total. The Bertz CT molecular complexity index is 397. The van der Waals surface area contributed by atoms with Crippen molar-refractivity contribution >= 4 is 5.69 Å². The molecule has 0 bridgehead atoms. The van der Waals surface area contributed by atoms with Crippen LogP contribution in [0.3, 0.4) is 0 Å². The predicted molar refractivity (Wildman–Crippen MR) is 74.4 cm³/mol. The van der Waals surface area contributed by atoms with E-state index >= 15 is 0 Å². The van der Waals surface area contributed by atoms with Crippen LogP contribution in [0, 0.1) is 17.2 Å². The minimum atomic E-state index is -0.164. The van der Waals surface area contributed by atoms with E-state index < -0.39 is 0 Å². The van der Waals surface area contributed by atoms with Crippen molar-refractivity contribution in [2.45, 2.75) is 20.3 Å². The van der Waals surface area contributed by atoms with Gasteiger partial charge in [-0.25, -0.2) is 4.39 Å². The van der Waals surface area contributed by atoms with Crippen LogP contribution in [0.25, 0.3) is 0 Å². The molecule has 1 heterocycles. The first-order chi connectivity index (χ1) is 8.53. The van der Waals surface area contributed by atoms with Gasteiger partial charge >= 0.3 is 0 Å². The fraction of sp³-hybridized carbons (Fsp3) is 0.600. The van der Waals surface area contributed by atoms with Gasteiger partial charge in [-0.05, 0) is 37.1 Å². The molecule has 3 heteroatoms. The molecule has 1 fully saturated rings. The number of hydrogen-bond acceptors (Lipinski definition) is 2.